The van der Waals surface area contributed by atoms with Gasteiger partial charge in [0.05, 0.1) is 5.54 Å². The third kappa shape index (κ3) is 1.83. The average Bonchev–Trinajstić information content (AvgIpc) is 3.03. The van der Waals surface area contributed by atoms with Crippen molar-refractivity contribution >= 4 is 16.3 Å². The first-order valence-corrected chi connectivity index (χ1v) is 7.45. The number of hydrogen-bond acceptors (Lipinski definition) is 5. The Balaban J connectivity index is 2.02. The van der Waals surface area contributed by atoms with Gasteiger partial charge in [-0.3, -0.25) is 0 Å². The Morgan fingerprint density at radius 2 is 2.11 bits per heavy atom. The Morgan fingerprint density at radius 1 is 1.39 bits per heavy atom. The van der Waals surface area contributed by atoms with Crippen LogP contribution in [0.25, 0.3) is 4.96 Å². The maximum atomic E-state index is 6.25. The summed E-state index contributed by atoms with van der Waals surface area (Å²) in [5.74, 6) is 1.55. The molecule has 2 aromatic rings. The van der Waals surface area contributed by atoms with Gasteiger partial charge in [0, 0.05) is 5.92 Å². The Labute approximate surface area is 110 Å². The normalized spacial score (nSPS) is 20.6. The third-order valence-electron chi connectivity index (χ3n) is 3.96. The summed E-state index contributed by atoms with van der Waals surface area (Å²) in [6, 6.07) is 0. The molecule has 5 nitrogen and oxygen atoms in total. The summed E-state index contributed by atoms with van der Waals surface area (Å²) < 4.78 is 1.91. The largest absolute Gasteiger partial charge is 0.320 e. The van der Waals surface area contributed by atoms with Gasteiger partial charge in [-0.05, 0) is 26.2 Å². The lowest BCUT2D eigenvalue weighted by Gasteiger charge is -2.18. The maximum Gasteiger partial charge on any atom is 0.234 e. The second-order valence-electron chi connectivity index (χ2n) is 5.41. The maximum absolute atomic E-state index is 6.25. The number of hydrogen-bond donors (Lipinski definition) is 1. The molecule has 6 heteroatoms. The van der Waals surface area contributed by atoms with Crippen molar-refractivity contribution in [3.05, 3.63) is 10.8 Å². The molecule has 18 heavy (non-hydrogen) atoms. The molecular formula is C12H19N5S. The minimum absolute atomic E-state index is 0.363. The van der Waals surface area contributed by atoms with Gasteiger partial charge in [-0.25, -0.2) is 0 Å². The molecule has 1 saturated carbocycles. The van der Waals surface area contributed by atoms with E-state index in [1.807, 2.05) is 11.4 Å². The van der Waals surface area contributed by atoms with Crippen molar-refractivity contribution in [2.24, 2.45) is 5.73 Å². The molecule has 0 radical (unpaired) electrons. The summed E-state index contributed by atoms with van der Waals surface area (Å²) in [4.78, 5) is 0.872. The minimum Gasteiger partial charge on any atom is -0.320 e. The summed E-state index contributed by atoms with van der Waals surface area (Å²) in [6.45, 7) is 4.11. The molecule has 0 amide bonds. The van der Waals surface area contributed by atoms with Gasteiger partial charge >= 0.3 is 0 Å². The van der Waals surface area contributed by atoms with Crippen molar-refractivity contribution < 1.29 is 0 Å². The Kier molecular flexibility index (Phi) is 2.86. The van der Waals surface area contributed by atoms with E-state index in [-0.39, 0.29) is 5.54 Å². The van der Waals surface area contributed by atoms with E-state index in [9.17, 15) is 0 Å². The van der Waals surface area contributed by atoms with Crippen LogP contribution in [-0.2, 0) is 5.54 Å². The third-order valence-corrected chi connectivity index (χ3v) is 5.14. The van der Waals surface area contributed by atoms with Gasteiger partial charge in [0.25, 0.3) is 0 Å². The van der Waals surface area contributed by atoms with Gasteiger partial charge in [0.15, 0.2) is 5.82 Å². The molecule has 2 N–H and O–H groups in total. The van der Waals surface area contributed by atoms with E-state index in [1.165, 1.54) is 25.7 Å². The molecule has 0 bridgehead atoms. The van der Waals surface area contributed by atoms with Crippen molar-refractivity contribution in [1.82, 2.24) is 19.8 Å². The van der Waals surface area contributed by atoms with Gasteiger partial charge in [-0.2, -0.15) is 9.61 Å². The first-order chi connectivity index (χ1) is 8.62. The molecule has 1 aliphatic carbocycles. The fourth-order valence-corrected chi connectivity index (χ4v) is 3.43. The van der Waals surface area contributed by atoms with Crippen LogP contribution in [0.15, 0.2) is 0 Å². The zero-order valence-corrected chi connectivity index (χ0v) is 11.7. The zero-order valence-electron chi connectivity index (χ0n) is 10.9. The van der Waals surface area contributed by atoms with Crippen molar-refractivity contribution in [3.63, 3.8) is 0 Å². The lowest BCUT2D eigenvalue weighted by Crippen LogP contribution is -2.32. The van der Waals surface area contributed by atoms with E-state index in [4.69, 9.17) is 5.73 Å². The fourth-order valence-electron chi connectivity index (χ4n) is 2.45. The first kappa shape index (κ1) is 12.0. The fraction of sp³-hybridized carbons (Fsp3) is 0.750. The summed E-state index contributed by atoms with van der Waals surface area (Å²) in [6.07, 6.45) is 5.87. The molecule has 1 atom stereocenters. The molecule has 0 saturated heterocycles. The average molecular weight is 265 g/mol. The van der Waals surface area contributed by atoms with Crippen LogP contribution in [0.1, 0.15) is 62.7 Å². The predicted molar refractivity (Wildman–Crippen MR) is 71.7 cm³/mol. The standard InChI is InChI=1S/C12H19N5S/c1-3-12(2,13)10-16-17-9(8-6-4-5-7-8)14-15-11(17)18-10/h8H,3-7,13H2,1-2H3. The van der Waals surface area contributed by atoms with Crippen LogP contribution in [0.2, 0.25) is 0 Å². The number of fused-ring (bicyclic) bond motifs is 1. The second kappa shape index (κ2) is 4.28. The second-order valence-corrected chi connectivity index (χ2v) is 6.37. The lowest BCUT2D eigenvalue weighted by atomic mass is 10.0. The SMILES string of the molecule is CCC(C)(N)c1nn2c(C3CCCC3)nnc2s1. The number of nitrogens with zero attached hydrogens (tertiary/aromatic N) is 4. The van der Waals surface area contributed by atoms with E-state index in [2.05, 4.69) is 22.2 Å². The summed E-state index contributed by atoms with van der Waals surface area (Å²) in [5, 5.41) is 14.1. The number of aromatic nitrogens is 4. The highest BCUT2D eigenvalue weighted by molar-refractivity contribution is 7.16. The van der Waals surface area contributed by atoms with Crippen LogP contribution in [0.3, 0.4) is 0 Å². The van der Waals surface area contributed by atoms with Gasteiger partial charge in [0.1, 0.15) is 5.01 Å². The molecule has 3 rings (SSSR count). The van der Waals surface area contributed by atoms with Crippen LogP contribution < -0.4 is 5.73 Å². The van der Waals surface area contributed by atoms with E-state index in [1.54, 1.807) is 11.3 Å². The predicted octanol–water partition coefficient (Wildman–Crippen LogP) is 2.43. The van der Waals surface area contributed by atoms with E-state index in [0.717, 1.165) is 22.2 Å². The van der Waals surface area contributed by atoms with Crippen LogP contribution in [0, 0.1) is 0 Å². The molecule has 0 aromatic carbocycles. The van der Waals surface area contributed by atoms with Gasteiger partial charge < -0.3 is 5.73 Å². The highest BCUT2D eigenvalue weighted by atomic mass is 32.1. The topological polar surface area (TPSA) is 69.1 Å². The quantitative estimate of drug-likeness (QED) is 0.925. The highest BCUT2D eigenvalue weighted by Crippen LogP contribution is 2.34. The first-order valence-electron chi connectivity index (χ1n) is 6.63. The van der Waals surface area contributed by atoms with E-state index in [0.29, 0.717) is 5.92 Å². The zero-order chi connectivity index (χ0) is 12.8. The lowest BCUT2D eigenvalue weighted by molar-refractivity contribution is 0.465. The molecule has 1 unspecified atom stereocenters. The Hall–Kier alpha value is -1.01. The van der Waals surface area contributed by atoms with E-state index < -0.39 is 0 Å². The summed E-state index contributed by atoms with van der Waals surface area (Å²) in [5.41, 5.74) is 5.89. The molecule has 98 valence electrons. The highest BCUT2D eigenvalue weighted by Gasteiger charge is 2.28. The molecule has 1 aliphatic rings. The van der Waals surface area contributed by atoms with Crippen molar-refractivity contribution in [2.75, 3.05) is 0 Å². The Bertz CT molecular complexity index is 550. The van der Waals surface area contributed by atoms with Crippen LogP contribution >= 0.6 is 11.3 Å². The summed E-state index contributed by atoms with van der Waals surface area (Å²) >= 11 is 1.56. The van der Waals surface area contributed by atoms with Crippen molar-refractivity contribution in [1.29, 1.82) is 0 Å². The van der Waals surface area contributed by atoms with Gasteiger partial charge in [0.2, 0.25) is 4.96 Å². The van der Waals surface area contributed by atoms with Gasteiger partial charge in [-0.15, -0.1) is 10.2 Å². The molecule has 1 fully saturated rings. The molecule has 2 heterocycles. The van der Waals surface area contributed by atoms with Gasteiger partial charge in [-0.1, -0.05) is 31.1 Å². The monoisotopic (exact) mass is 265 g/mol. The molecule has 0 spiro atoms. The Morgan fingerprint density at radius 3 is 2.78 bits per heavy atom. The molecule has 0 aliphatic heterocycles. The summed E-state index contributed by atoms with van der Waals surface area (Å²) in [7, 11) is 0. The number of nitrogens with two attached hydrogens (primary N) is 1. The van der Waals surface area contributed by atoms with E-state index >= 15 is 0 Å². The van der Waals surface area contributed by atoms with Crippen LogP contribution in [0.4, 0.5) is 0 Å². The van der Waals surface area contributed by atoms with Crippen LogP contribution in [-0.4, -0.2) is 19.8 Å². The number of rotatable bonds is 3. The molecule has 2 aromatic heterocycles. The smallest absolute Gasteiger partial charge is 0.234 e. The van der Waals surface area contributed by atoms with Crippen molar-refractivity contribution in [2.45, 2.75) is 57.4 Å². The molecular weight excluding hydrogens is 246 g/mol. The van der Waals surface area contributed by atoms with Crippen molar-refractivity contribution in [3.8, 4) is 0 Å². The van der Waals surface area contributed by atoms with Crippen LogP contribution in [0.5, 0.6) is 0 Å². The minimum atomic E-state index is -0.363.